The van der Waals surface area contributed by atoms with E-state index >= 15 is 0 Å². The van der Waals surface area contributed by atoms with Gasteiger partial charge in [0, 0.05) is 21.2 Å². The average molecular weight is 536 g/mol. The summed E-state index contributed by atoms with van der Waals surface area (Å²) in [4.78, 5) is 11.2. The minimum Gasteiger partial charge on any atom is -0.493 e. The lowest BCUT2D eigenvalue weighted by molar-refractivity contribution is -0.479. The lowest BCUT2D eigenvalue weighted by atomic mass is 10.1. The van der Waals surface area contributed by atoms with Crippen molar-refractivity contribution in [3.63, 3.8) is 0 Å². The number of halogens is 1. The Bertz CT molecular complexity index is 1450. The molecule has 0 fully saturated rings. The maximum absolute atomic E-state index is 11.6. The molecule has 0 radical (unpaired) electrons. The minimum atomic E-state index is -0.577. The highest BCUT2D eigenvalue weighted by Gasteiger charge is 2.25. The molecular weight excluding hydrogens is 514 g/mol. The van der Waals surface area contributed by atoms with Gasteiger partial charge in [-0.05, 0) is 55.0 Å². The van der Waals surface area contributed by atoms with Crippen LogP contribution >= 0.6 is 23.4 Å². The first-order valence-electron chi connectivity index (χ1n) is 11.1. The van der Waals surface area contributed by atoms with Gasteiger partial charge in [-0.25, -0.2) is 0 Å². The highest BCUT2D eigenvalue weighted by molar-refractivity contribution is 7.99. The van der Waals surface area contributed by atoms with Gasteiger partial charge in [-0.3, -0.25) is 14.7 Å². The molecule has 1 atom stereocenters. The molecule has 0 amide bonds. The van der Waals surface area contributed by atoms with Crippen molar-refractivity contribution in [2.75, 3.05) is 13.7 Å². The van der Waals surface area contributed by atoms with Gasteiger partial charge in [0.05, 0.1) is 18.7 Å². The van der Waals surface area contributed by atoms with Crippen LogP contribution in [0.25, 0.3) is 5.69 Å². The van der Waals surface area contributed by atoms with Gasteiger partial charge in [-0.2, -0.15) is 5.26 Å². The maximum atomic E-state index is 11.6. The maximum Gasteiger partial charge on any atom is 0.220 e. The van der Waals surface area contributed by atoms with Gasteiger partial charge in [0.2, 0.25) is 6.54 Å². The zero-order valence-corrected chi connectivity index (χ0v) is 21.6. The van der Waals surface area contributed by atoms with E-state index in [-0.39, 0.29) is 18.1 Å². The monoisotopic (exact) mass is 535 g/mol. The summed E-state index contributed by atoms with van der Waals surface area (Å²) in [6.45, 7) is 1.65. The van der Waals surface area contributed by atoms with Crippen LogP contribution in [0.4, 0.5) is 0 Å². The number of rotatable bonds is 10. The summed E-state index contributed by atoms with van der Waals surface area (Å²) in [6.07, 6.45) is 0. The Morgan fingerprint density at radius 2 is 1.89 bits per heavy atom. The minimum absolute atomic E-state index is 0.177. The second-order valence-corrected chi connectivity index (χ2v) is 9.54. The molecule has 0 saturated heterocycles. The topological polar surface area (TPSA) is 116 Å². The van der Waals surface area contributed by atoms with E-state index in [0.717, 1.165) is 11.3 Å². The fraction of sp³-hybridized carbons (Fsp3) is 0.192. The van der Waals surface area contributed by atoms with Crippen LogP contribution in [0.15, 0.2) is 71.9 Å². The molecule has 9 nitrogen and oxygen atoms in total. The molecule has 4 aromatic rings. The van der Waals surface area contributed by atoms with Gasteiger partial charge in [-0.15, -0.1) is 10.2 Å². The van der Waals surface area contributed by atoms with Gasteiger partial charge in [0.1, 0.15) is 17.7 Å². The van der Waals surface area contributed by atoms with Gasteiger partial charge in [0.15, 0.2) is 16.7 Å². The number of benzene rings is 3. The van der Waals surface area contributed by atoms with Crippen molar-refractivity contribution in [2.45, 2.75) is 23.9 Å². The van der Waals surface area contributed by atoms with Crippen LogP contribution in [-0.4, -0.2) is 33.3 Å². The average Bonchev–Trinajstić information content (AvgIpc) is 3.27. The van der Waals surface area contributed by atoms with Crippen molar-refractivity contribution in [1.29, 1.82) is 5.26 Å². The van der Waals surface area contributed by atoms with Gasteiger partial charge >= 0.3 is 0 Å². The number of aryl methyl sites for hydroxylation is 1. The summed E-state index contributed by atoms with van der Waals surface area (Å²) in [7, 11) is 1.51. The Hall–Kier alpha value is -4.07. The summed E-state index contributed by atoms with van der Waals surface area (Å²) < 4.78 is 13.3. The number of nitro groups is 1. The van der Waals surface area contributed by atoms with Crippen molar-refractivity contribution < 1.29 is 14.4 Å². The summed E-state index contributed by atoms with van der Waals surface area (Å²) in [5, 5.41) is 29.8. The summed E-state index contributed by atoms with van der Waals surface area (Å²) in [5.74, 6) is 1.53. The molecular formula is C26H22ClN5O4S. The van der Waals surface area contributed by atoms with Crippen molar-refractivity contribution in [3.05, 3.63) is 104 Å². The third-order valence-corrected chi connectivity index (χ3v) is 6.96. The first-order valence-corrected chi connectivity index (χ1v) is 12.4. The number of hydrogen-bond acceptors (Lipinski definition) is 8. The van der Waals surface area contributed by atoms with E-state index in [1.165, 1.54) is 18.9 Å². The fourth-order valence-corrected chi connectivity index (χ4v) is 4.98. The lowest BCUT2D eigenvalue weighted by Gasteiger charge is -2.17. The molecule has 0 aliphatic heterocycles. The molecule has 1 aromatic heterocycles. The molecule has 0 saturated carbocycles. The molecule has 0 spiro atoms. The summed E-state index contributed by atoms with van der Waals surface area (Å²) in [5.41, 5.74) is 2.75. The van der Waals surface area contributed by atoms with Crippen molar-refractivity contribution in [1.82, 2.24) is 14.8 Å². The van der Waals surface area contributed by atoms with E-state index in [4.69, 9.17) is 21.1 Å². The summed E-state index contributed by atoms with van der Waals surface area (Å²) in [6, 6.07) is 21.7. The SMILES string of the molecule is COc1cc([C@H](C[N+](=O)[O-])Sc2nnc(C)n2-c2ccc(Cl)cc2)ccc1OCc1ccccc1C#N. The molecule has 0 unspecified atom stereocenters. The van der Waals surface area contributed by atoms with Crippen LogP contribution < -0.4 is 9.47 Å². The molecule has 0 aliphatic rings. The van der Waals surface area contributed by atoms with E-state index in [2.05, 4.69) is 16.3 Å². The quantitative estimate of drug-likeness (QED) is 0.142. The number of hydrogen-bond donors (Lipinski definition) is 0. The van der Waals surface area contributed by atoms with E-state index in [0.29, 0.717) is 38.6 Å². The molecule has 37 heavy (non-hydrogen) atoms. The third-order valence-electron chi connectivity index (χ3n) is 5.52. The largest absolute Gasteiger partial charge is 0.493 e. The number of aromatic nitrogens is 3. The molecule has 188 valence electrons. The lowest BCUT2D eigenvalue weighted by Crippen LogP contribution is -2.11. The highest BCUT2D eigenvalue weighted by Crippen LogP contribution is 2.39. The van der Waals surface area contributed by atoms with Crippen LogP contribution in [0.2, 0.25) is 5.02 Å². The standard InChI is InChI=1S/C26H22ClN5O4S/c1-17-29-30-26(32(17)22-10-8-21(27)9-11-22)37-25(15-31(33)34)18-7-12-23(24(13-18)35-2)36-16-20-6-4-3-5-19(20)14-28/h3-13,25H,15-16H2,1-2H3/t25-/m0/s1. The van der Waals surface area contributed by atoms with Crippen LogP contribution in [0.1, 0.15) is 27.8 Å². The Morgan fingerprint density at radius 1 is 1.14 bits per heavy atom. The van der Waals surface area contributed by atoms with Crippen molar-refractivity contribution >= 4 is 23.4 Å². The molecule has 0 bridgehead atoms. The third kappa shape index (κ3) is 6.20. The highest BCUT2D eigenvalue weighted by atomic mass is 35.5. The van der Waals surface area contributed by atoms with Crippen molar-refractivity contribution in [3.8, 4) is 23.3 Å². The molecule has 0 N–H and O–H groups in total. The number of ether oxygens (including phenoxy) is 2. The van der Waals surface area contributed by atoms with Crippen LogP contribution in [-0.2, 0) is 6.61 Å². The second kappa shape index (κ2) is 11.8. The Labute approximate surface area is 222 Å². The van der Waals surface area contributed by atoms with E-state index in [1.807, 2.05) is 35.8 Å². The molecule has 3 aromatic carbocycles. The van der Waals surface area contributed by atoms with Gasteiger partial charge in [-0.1, -0.05) is 47.6 Å². The fourth-order valence-electron chi connectivity index (χ4n) is 3.69. The first kappa shape index (κ1) is 26.0. The van der Waals surface area contributed by atoms with E-state index in [9.17, 15) is 15.4 Å². The zero-order chi connectivity index (χ0) is 26.4. The second-order valence-electron chi connectivity index (χ2n) is 7.93. The van der Waals surface area contributed by atoms with Gasteiger partial charge < -0.3 is 9.47 Å². The van der Waals surface area contributed by atoms with E-state index in [1.54, 1.807) is 42.5 Å². The van der Waals surface area contributed by atoms with Gasteiger partial charge in [0.25, 0.3) is 0 Å². The molecule has 11 heteroatoms. The molecule has 1 heterocycles. The first-order chi connectivity index (χ1) is 17.9. The Balaban J connectivity index is 1.61. The summed E-state index contributed by atoms with van der Waals surface area (Å²) >= 11 is 7.27. The smallest absolute Gasteiger partial charge is 0.220 e. The van der Waals surface area contributed by atoms with Crippen molar-refractivity contribution in [2.24, 2.45) is 0 Å². The number of nitrogens with zero attached hydrogens (tertiary/aromatic N) is 5. The van der Waals surface area contributed by atoms with Crippen LogP contribution in [0.3, 0.4) is 0 Å². The zero-order valence-electron chi connectivity index (χ0n) is 20.0. The van der Waals surface area contributed by atoms with Crippen LogP contribution in [0, 0.1) is 28.4 Å². The normalized spacial score (nSPS) is 11.5. The van der Waals surface area contributed by atoms with E-state index < -0.39 is 5.25 Å². The Kier molecular flexibility index (Phi) is 8.28. The van der Waals surface area contributed by atoms with Crippen LogP contribution in [0.5, 0.6) is 11.5 Å². The number of methoxy groups -OCH3 is 1. The Morgan fingerprint density at radius 3 is 2.59 bits per heavy atom. The number of nitriles is 1. The molecule has 4 rings (SSSR count). The predicted molar refractivity (Wildman–Crippen MR) is 140 cm³/mol. The predicted octanol–water partition coefficient (Wildman–Crippen LogP) is 5.80. The molecule has 0 aliphatic carbocycles. The number of thioether (sulfide) groups is 1.